The van der Waals surface area contributed by atoms with Crippen LogP contribution in [0.1, 0.15) is 30.9 Å². The molecule has 2 N–H and O–H groups in total. The Bertz CT molecular complexity index is 443. The van der Waals surface area contributed by atoms with E-state index in [2.05, 4.69) is 5.16 Å². The Kier molecular flexibility index (Phi) is 4.20. The second-order valence-electron chi connectivity index (χ2n) is 4.78. The van der Waals surface area contributed by atoms with Crippen LogP contribution in [-0.4, -0.2) is 29.2 Å². The molecule has 0 amide bonds. The average molecular weight is 249 g/mol. The van der Waals surface area contributed by atoms with Gasteiger partial charge in [0.25, 0.3) is 0 Å². The fourth-order valence-corrected chi connectivity index (χ4v) is 2.19. The third kappa shape index (κ3) is 2.64. The van der Waals surface area contributed by atoms with Crippen molar-refractivity contribution in [2.45, 2.75) is 26.2 Å². The van der Waals surface area contributed by atoms with E-state index < -0.39 is 0 Å². The molecule has 0 aliphatic heterocycles. The summed E-state index contributed by atoms with van der Waals surface area (Å²) >= 11 is 0. The van der Waals surface area contributed by atoms with Gasteiger partial charge in [-0.05, 0) is 25.3 Å². The quantitative estimate of drug-likeness (QED) is 0.635. The largest absolute Gasteiger partial charge is 0.493 e. The number of nitrogens with zero attached hydrogens (tertiary/aromatic N) is 1. The maximum absolute atomic E-state index is 9.00. The molecule has 0 aromatic heterocycles. The highest BCUT2D eigenvalue weighted by Crippen LogP contribution is 2.30. The molecule has 0 saturated heterocycles. The van der Waals surface area contributed by atoms with Gasteiger partial charge in [0.2, 0.25) is 0 Å². The predicted octanol–water partition coefficient (Wildman–Crippen LogP) is 2.21. The summed E-state index contributed by atoms with van der Waals surface area (Å²) in [5, 5.41) is 21.4. The van der Waals surface area contributed by atoms with Gasteiger partial charge in [-0.3, -0.25) is 0 Å². The van der Waals surface area contributed by atoms with Crippen LogP contribution in [0.15, 0.2) is 23.4 Å². The maximum Gasteiger partial charge on any atom is 0.123 e. The Balaban J connectivity index is 2.22. The molecule has 18 heavy (non-hydrogen) atoms. The molecule has 0 heterocycles. The highest BCUT2D eigenvalue weighted by atomic mass is 16.5. The van der Waals surface area contributed by atoms with Crippen molar-refractivity contribution in [1.82, 2.24) is 0 Å². The van der Waals surface area contributed by atoms with Crippen LogP contribution in [0.25, 0.3) is 0 Å². The predicted molar refractivity (Wildman–Crippen MR) is 69.4 cm³/mol. The van der Waals surface area contributed by atoms with Crippen LogP contribution in [0.5, 0.6) is 5.75 Å². The molecule has 0 bridgehead atoms. The van der Waals surface area contributed by atoms with Gasteiger partial charge in [-0.25, -0.2) is 0 Å². The molecule has 1 aliphatic carbocycles. The molecule has 0 radical (unpaired) electrons. The second-order valence-corrected chi connectivity index (χ2v) is 4.78. The minimum atomic E-state index is 0.121. The fraction of sp³-hybridized carbons (Fsp3) is 0.500. The molecule has 0 spiro atoms. The number of benzene rings is 1. The van der Waals surface area contributed by atoms with Gasteiger partial charge in [0.15, 0.2) is 0 Å². The van der Waals surface area contributed by atoms with Gasteiger partial charge in [0.1, 0.15) is 5.75 Å². The van der Waals surface area contributed by atoms with E-state index in [1.807, 2.05) is 25.1 Å². The summed E-state index contributed by atoms with van der Waals surface area (Å²) in [7, 11) is 0. The standard InChI is InChI=1S/C14H19NO3/c1-10(8-16)9-18-14-7-3-4-11-12(14)5-2-6-13(11)15-17/h3-4,7,10,16-17H,2,5-6,8-9H2,1H3/b15-13+. The summed E-state index contributed by atoms with van der Waals surface area (Å²) in [5.74, 6) is 0.962. The highest BCUT2D eigenvalue weighted by Gasteiger charge is 2.19. The topological polar surface area (TPSA) is 62.0 Å². The molecule has 4 nitrogen and oxygen atoms in total. The lowest BCUT2D eigenvalue weighted by molar-refractivity contribution is 0.173. The van der Waals surface area contributed by atoms with Crippen molar-refractivity contribution >= 4 is 5.71 Å². The van der Waals surface area contributed by atoms with E-state index in [-0.39, 0.29) is 12.5 Å². The van der Waals surface area contributed by atoms with Crippen LogP contribution in [0.4, 0.5) is 0 Å². The number of hydrogen-bond donors (Lipinski definition) is 2. The van der Waals surface area contributed by atoms with Crippen molar-refractivity contribution in [2.24, 2.45) is 11.1 Å². The number of oxime groups is 1. The summed E-state index contributed by atoms with van der Waals surface area (Å²) in [4.78, 5) is 0. The third-order valence-electron chi connectivity index (χ3n) is 3.24. The van der Waals surface area contributed by atoms with Gasteiger partial charge in [-0.1, -0.05) is 24.2 Å². The molecule has 1 unspecified atom stereocenters. The molecular formula is C14H19NO3. The summed E-state index contributed by atoms with van der Waals surface area (Å²) in [6.07, 6.45) is 2.72. The first-order valence-corrected chi connectivity index (χ1v) is 6.33. The van der Waals surface area contributed by atoms with E-state index in [9.17, 15) is 0 Å². The van der Waals surface area contributed by atoms with Crippen molar-refractivity contribution in [1.29, 1.82) is 0 Å². The maximum atomic E-state index is 9.00. The van der Waals surface area contributed by atoms with Crippen LogP contribution in [0.2, 0.25) is 0 Å². The zero-order valence-corrected chi connectivity index (χ0v) is 10.6. The highest BCUT2D eigenvalue weighted by molar-refractivity contribution is 6.02. The number of ether oxygens (including phenoxy) is 1. The number of aliphatic hydroxyl groups is 1. The molecule has 1 aromatic carbocycles. The number of rotatable bonds is 4. The van der Waals surface area contributed by atoms with Crippen molar-refractivity contribution in [3.8, 4) is 5.75 Å². The Labute approximate surface area is 107 Å². The number of hydrogen-bond acceptors (Lipinski definition) is 4. The van der Waals surface area contributed by atoms with E-state index in [1.165, 1.54) is 0 Å². The van der Waals surface area contributed by atoms with Gasteiger partial charge in [-0.15, -0.1) is 0 Å². The number of fused-ring (bicyclic) bond motifs is 1. The van der Waals surface area contributed by atoms with Crippen molar-refractivity contribution in [3.63, 3.8) is 0 Å². The first-order chi connectivity index (χ1) is 8.76. The summed E-state index contributed by atoms with van der Waals surface area (Å²) in [6.45, 7) is 2.56. The molecule has 0 saturated carbocycles. The van der Waals surface area contributed by atoms with Gasteiger partial charge >= 0.3 is 0 Å². The molecule has 1 atom stereocenters. The van der Waals surface area contributed by atoms with Gasteiger partial charge in [0, 0.05) is 23.7 Å². The van der Waals surface area contributed by atoms with Crippen LogP contribution in [0, 0.1) is 5.92 Å². The van der Waals surface area contributed by atoms with E-state index in [4.69, 9.17) is 15.1 Å². The Hall–Kier alpha value is -1.55. The molecule has 1 aliphatic rings. The van der Waals surface area contributed by atoms with Crippen molar-refractivity contribution < 1.29 is 15.1 Å². The zero-order valence-electron chi connectivity index (χ0n) is 10.6. The van der Waals surface area contributed by atoms with E-state index >= 15 is 0 Å². The zero-order chi connectivity index (χ0) is 13.0. The molecule has 0 fully saturated rings. The van der Waals surface area contributed by atoms with Gasteiger partial charge in [-0.2, -0.15) is 0 Å². The van der Waals surface area contributed by atoms with Crippen LogP contribution >= 0.6 is 0 Å². The Morgan fingerprint density at radius 1 is 1.39 bits per heavy atom. The Morgan fingerprint density at radius 3 is 2.94 bits per heavy atom. The fourth-order valence-electron chi connectivity index (χ4n) is 2.19. The average Bonchev–Trinajstić information content (AvgIpc) is 2.43. The van der Waals surface area contributed by atoms with Crippen LogP contribution in [0.3, 0.4) is 0 Å². The summed E-state index contributed by atoms with van der Waals surface area (Å²) < 4.78 is 5.75. The first kappa shape index (κ1) is 12.9. The Morgan fingerprint density at radius 2 is 2.22 bits per heavy atom. The lowest BCUT2D eigenvalue weighted by Gasteiger charge is -2.21. The van der Waals surface area contributed by atoms with Crippen molar-refractivity contribution in [2.75, 3.05) is 13.2 Å². The third-order valence-corrected chi connectivity index (χ3v) is 3.24. The molecule has 4 heteroatoms. The minimum Gasteiger partial charge on any atom is -0.493 e. The van der Waals surface area contributed by atoms with Gasteiger partial charge < -0.3 is 15.1 Å². The first-order valence-electron chi connectivity index (χ1n) is 6.33. The number of aliphatic hydroxyl groups excluding tert-OH is 1. The second kappa shape index (κ2) is 5.87. The summed E-state index contributed by atoms with van der Waals surface area (Å²) in [5.41, 5.74) is 2.83. The molecular weight excluding hydrogens is 230 g/mol. The molecule has 98 valence electrons. The normalized spacial score (nSPS) is 18.4. The smallest absolute Gasteiger partial charge is 0.123 e. The monoisotopic (exact) mass is 249 g/mol. The summed E-state index contributed by atoms with van der Waals surface area (Å²) in [6, 6.07) is 5.81. The van der Waals surface area contributed by atoms with Crippen LogP contribution < -0.4 is 4.74 Å². The van der Waals surface area contributed by atoms with E-state index in [1.54, 1.807) is 0 Å². The lowest BCUT2D eigenvalue weighted by atomic mass is 9.89. The van der Waals surface area contributed by atoms with Crippen molar-refractivity contribution in [3.05, 3.63) is 29.3 Å². The molecule has 2 rings (SSSR count). The van der Waals surface area contributed by atoms with E-state index in [0.29, 0.717) is 6.61 Å². The lowest BCUT2D eigenvalue weighted by Crippen LogP contribution is -2.16. The van der Waals surface area contributed by atoms with Crippen LogP contribution in [-0.2, 0) is 6.42 Å². The molecule has 1 aromatic rings. The van der Waals surface area contributed by atoms with Gasteiger partial charge in [0.05, 0.1) is 12.3 Å². The SMILES string of the molecule is CC(CO)COc1cccc2c1CCC/C2=N\O. The minimum absolute atomic E-state index is 0.121. The van der Waals surface area contributed by atoms with E-state index in [0.717, 1.165) is 41.9 Å².